The Balaban J connectivity index is 0.000000614. The maximum atomic E-state index is 11.7. The molecule has 0 radical (unpaired) electrons. The molecule has 2 nitrogen and oxygen atoms in total. The third-order valence-electron chi connectivity index (χ3n) is 9.23. The molecule has 0 spiro atoms. The highest BCUT2D eigenvalue weighted by Gasteiger charge is 2.61. The summed E-state index contributed by atoms with van der Waals surface area (Å²) in [5.41, 5.74) is 0.635. The van der Waals surface area contributed by atoms with Crippen molar-refractivity contribution in [1.29, 1.82) is 0 Å². The molecule has 0 heterocycles. The molecule has 4 aliphatic rings. The van der Waals surface area contributed by atoms with E-state index in [1.165, 1.54) is 44.9 Å². The molecule has 4 saturated carbocycles. The van der Waals surface area contributed by atoms with Crippen LogP contribution in [0.3, 0.4) is 0 Å². The molecule has 8 atom stereocenters. The zero-order valence-corrected chi connectivity index (χ0v) is 19.2. The Morgan fingerprint density at radius 1 is 0.815 bits per heavy atom. The van der Waals surface area contributed by atoms with Crippen molar-refractivity contribution in [2.45, 2.75) is 106 Å². The van der Waals surface area contributed by atoms with Crippen molar-refractivity contribution in [3.05, 3.63) is 0 Å². The summed E-state index contributed by atoms with van der Waals surface area (Å²) in [4.78, 5) is 11.7. The van der Waals surface area contributed by atoms with Gasteiger partial charge in [0.05, 0.1) is 5.92 Å². The molecule has 0 aromatic rings. The number of fused-ring (bicyclic) bond motifs is 5. The van der Waals surface area contributed by atoms with E-state index < -0.39 is 5.97 Å². The van der Waals surface area contributed by atoms with Crippen LogP contribution in [0.2, 0.25) is 0 Å². The maximum Gasteiger partial charge on any atom is 0.307 e. The molecule has 0 bridgehead atoms. The first-order valence-corrected chi connectivity index (χ1v) is 12.1. The fourth-order valence-corrected chi connectivity index (χ4v) is 7.88. The first kappa shape index (κ1) is 22.8. The quantitative estimate of drug-likeness (QED) is 0.515. The van der Waals surface area contributed by atoms with E-state index in [1.807, 2.05) is 27.7 Å². The molecule has 4 fully saturated rings. The molecule has 0 amide bonds. The standard InChI is InChI=1S/C21H34O2.2C2H6/c1-13-8-10-20(2)14(12-13)4-5-15-16-6-7-18(19(22)23)21(16,3)11-9-17(15)20;2*1-2/h13-18H,4-12H2,1-3H3,(H,22,23);2*1-2H3. The molecule has 4 rings (SSSR count). The summed E-state index contributed by atoms with van der Waals surface area (Å²) in [7, 11) is 0. The maximum absolute atomic E-state index is 11.7. The van der Waals surface area contributed by atoms with Gasteiger partial charge in [0.25, 0.3) is 0 Å². The van der Waals surface area contributed by atoms with Crippen LogP contribution in [0.5, 0.6) is 0 Å². The second-order valence-corrected chi connectivity index (χ2v) is 10.0. The van der Waals surface area contributed by atoms with E-state index in [2.05, 4.69) is 20.8 Å². The van der Waals surface area contributed by atoms with Crippen molar-refractivity contribution in [3.8, 4) is 0 Å². The van der Waals surface area contributed by atoms with Crippen LogP contribution in [0.1, 0.15) is 106 Å². The Hall–Kier alpha value is -0.530. The number of carbonyl (C=O) groups is 1. The SMILES string of the molecule is CC.CC.CC1CCC2(C)C(CCC3C2CCC2(C)C(C(=O)O)CCC32)C1. The summed E-state index contributed by atoms with van der Waals surface area (Å²) in [6.45, 7) is 15.4. The summed E-state index contributed by atoms with van der Waals surface area (Å²) >= 11 is 0. The average molecular weight is 379 g/mol. The lowest BCUT2D eigenvalue weighted by Gasteiger charge is -2.61. The fourth-order valence-electron chi connectivity index (χ4n) is 7.88. The summed E-state index contributed by atoms with van der Waals surface area (Å²) in [6.07, 6.45) is 11.6. The van der Waals surface area contributed by atoms with Gasteiger partial charge < -0.3 is 5.11 Å². The topological polar surface area (TPSA) is 37.3 Å². The molecule has 0 aromatic heterocycles. The number of aliphatic carboxylic acids is 1. The predicted molar refractivity (Wildman–Crippen MR) is 115 cm³/mol. The molecule has 4 aliphatic carbocycles. The Labute approximate surface area is 168 Å². The van der Waals surface area contributed by atoms with E-state index in [1.54, 1.807) is 0 Å². The van der Waals surface area contributed by atoms with Crippen LogP contribution in [-0.4, -0.2) is 11.1 Å². The van der Waals surface area contributed by atoms with Crippen molar-refractivity contribution in [2.75, 3.05) is 0 Å². The number of hydrogen-bond acceptors (Lipinski definition) is 1. The normalized spacial score (nSPS) is 47.8. The minimum Gasteiger partial charge on any atom is -0.481 e. The van der Waals surface area contributed by atoms with E-state index >= 15 is 0 Å². The Bertz CT molecular complexity index is 501. The van der Waals surface area contributed by atoms with E-state index in [0.29, 0.717) is 11.3 Å². The predicted octanol–water partition coefficient (Wildman–Crippen LogP) is 7.42. The largest absolute Gasteiger partial charge is 0.481 e. The molecule has 0 saturated heterocycles. The van der Waals surface area contributed by atoms with Crippen molar-refractivity contribution < 1.29 is 9.90 Å². The van der Waals surface area contributed by atoms with Gasteiger partial charge in [0.15, 0.2) is 0 Å². The van der Waals surface area contributed by atoms with Gasteiger partial charge in [0.1, 0.15) is 0 Å². The Morgan fingerprint density at radius 3 is 2.04 bits per heavy atom. The van der Waals surface area contributed by atoms with Gasteiger partial charge in [-0.25, -0.2) is 0 Å². The summed E-state index contributed by atoms with van der Waals surface area (Å²) in [6, 6.07) is 0. The zero-order valence-electron chi connectivity index (χ0n) is 19.2. The molecular formula is C25H46O2. The van der Waals surface area contributed by atoms with Gasteiger partial charge in [-0.3, -0.25) is 4.79 Å². The summed E-state index contributed by atoms with van der Waals surface area (Å²) < 4.78 is 0. The smallest absolute Gasteiger partial charge is 0.307 e. The highest BCUT2D eigenvalue weighted by atomic mass is 16.4. The lowest BCUT2D eigenvalue weighted by atomic mass is 9.44. The van der Waals surface area contributed by atoms with Gasteiger partial charge in [-0.1, -0.05) is 54.9 Å². The molecule has 8 unspecified atom stereocenters. The van der Waals surface area contributed by atoms with Gasteiger partial charge in [0.2, 0.25) is 0 Å². The molecule has 2 heteroatoms. The lowest BCUT2D eigenvalue weighted by molar-refractivity contribution is -0.152. The van der Waals surface area contributed by atoms with Crippen LogP contribution in [0, 0.1) is 46.3 Å². The number of rotatable bonds is 1. The molecule has 0 aliphatic heterocycles. The zero-order chi connectivity index (χ0) is 20.4. The minimum atomic E-state index is -0.528. The average Bonchev–Trinajstić information content (AvgIpc) is 3.03. The van der Waals surface area contributed by atoms with E-state index in [9.17, 15) is 9.90 Å². The van der Waals surface area contributed by atoms with E-state index in [-0.39, 0.29) is 11.3 Å². The third kappa shape index (κ3) is 3.71. The number of hydrogen-bond donors (Lipinski definition) is 1. The Morgan fingerprint density at radius 2 is 1.41 bits per heavy atom. The number of carboxylic acids is 1. The molecule has 27 heavy (non-hydrogen) atoms. The van der Waals surface area contributed by atoms with Gasteiger partial charge in [-0.15, -0.1) is 0 Å². The Kier molecular flexibility index (Phi) is 7.47. The first-order chi connectivity index (χ1) is 12.9. The molecular weight excluding hydrogens is 332 g/mol. The fraction of sp³-hybridized carbons (Fsp3) is 0.960. The van der Waals surface area contributed by atoms with Gasteiger partial charge in [0, 0.05) is 0 Å². The van der Waals surface area contributed by atoms with E-state index in [4.69, 9.17) is 0 Å². The van der Waals surface area contributed by atoms with Crippen molar-refractivity contribution in [3.63, 3.8) is 0 Å². The summed E-state index contributed by atoms with van der Waals surface area (Å²) in [5.74, 6) is 3.62. The van der Waals surface area contributed by atoms with Crippen LogP contribution in [0.15, 0.2) is 0 Å². The van der Waals surface area contributed by atoms with Crippen LogP contribution in [0.4, 0.5) is 0 Å². The minimum absolute atomic E-state index is 0.0784. The highest BCUT2D eigenvalue weighted by Crippen LogP contribution is 2.67. The first-order valence-electron chi connectivity index (χ1n) is 12.1. The monoisotopic (exact) mass is 378 g/mol. The van der Waals surface area contributed by atoms with Crippen LogP contribution in [-0.2, 0) is 4.79 Å². The second-order valence-electron chi connectivity index (χ2n) is 10.0. The molecule has 0 aromatic carbocycles. The van der Waals surface area contributed by atoms with Crippen LogP contribution in [0.25, 0.3) is 0 Å². The van der Waals surface area contributed by atoms with Gasteiger partial charge >= 0.3 is 5.97 Å². The molecule has 158 valence electrons. The van der Waals surface area contributed by atoms with Gasteiger partial charge in [-0.05, 0) is 91.8 Å². The highest BCUT2D eigenvalue weighted by molar-refractivity contribution is 5.71. The summed E-state index contributed by atoms with van der Waals surface area (Å²) in [5, 5.41) is 9.68. The van der Waals surface area contributed by atoms with Gasteiger partial charge in [-0.2, -0.15) is 0 Å². The van der Waals surface area contributed by atoms with Crippen molar-refractivity contribution in [2.24, 2.45) is 46.3 Å². The van der Waals surface area contributed by atoms with Crippen molar-refractivity contribution in [1.82, 2.24) is 0 Å². The van der Waals surface area contributed by atoms with Crippen LogP contribution < -0.4 is 0 Å². The van der Waals surface area contributed by atoms with Crippen molar-refractivity contribution >= 4 is 5.97 Å². The van der Waals surface area contributed by atoms with E-state index in [0.717, 1.165) is 36.5 Å². The van der Waals surface area contributed by atoms with Crippen LogP contribution >= 0.6 is 0 Å². The third-order valence-corrected chi connectivity index (χ3v) is 9.23. The lowest BCUT2D eigenvalue weighted by Crippen LogP contribution is -2.53. The molecule has 1 N–H and O–H groups in total. The second kappa shape index (κ2) is 8.87. The number of carboxylic acid groups (broad SMARTS) is 1.